The number of aromatic nitrogens is 4. The monoisotopic (exact) mass is 482 g/mol. The van der Waals surface area contributed by atoms with Crippen molar-refractivity contribution in [3.63, 3.8) is 0 Å². The quantitative estimate of drug-likeness (QED) is 0.537. The molecule has 0 bridgehead atoms. The van der Waals surface area contributed by atoms with Gasteiger partial charge in [-0.2, -0.15) is 0 Å². The normalized spacial score (nSPS) is 24.8. The van der Waals surface area contributed by atoms with Gasteiger partial charge >= 0.3 is 0 Å². The van der Waals surface area contributed by atoms with E-state index in [1.165, 1.54) is 12.7 Å². The number of nitrogens with zero attached hydrogens (tertiary/aromatic N) is 4. The SMILES string of the molecule is CCNC(=O)[C@H]1O[C@@H](n2cnc3c(NC(=O)c4ccc(OC)cc4)ncnc32)[C@@H]2OC(C)(C)O[C@@H]21. The number of rotatable bonds is 6. The van der Waals surface area contributed by atoms with Crippen molar-refractivity contribution < 1.29 is 28.5 Å². The van der Waals surface area contributed by atoms with Crippen LogP contribution in [0.5, 0.6) is 5.75 Å². The Kier molecular flexibility index (Phi) is 5.87. The van der Waals surface area contributed by atoms with Gasteiger partial charge in [-0.05, 0) is 45.0 Å². The van der Waals surface area contributed by atoms with Crippen LogP contribution in [-0.2, 0) is 19.0 Å². The molecule has 2 fully saturated rings. The number of amides is 2. The Morgan fingerprint density at radius 1 is 1.11 bits per heavy atom. The van der Waals surface area contributed by atoms with Crippen molar-refractivity contribution in [1.29, 1.82) is 0 Å². The molecule has 12 nitrogen and oxygen atoms in total. The van der Waals surface area contributed by atoms with Gasteiger partial charge in [0.2, 0.25) is 0 Å². The number of imidazole rings is 1. The van der Waals surface area contributed by atoms with E-state index >= 15 is 0 Å². The summed E-state index contributed by atoms with van der Waals surface area (Å²) in [4.78, 5) is 38.4. The smallest absolute Gasteiger partial charge is 0.256 e. The average molecular weight is 482 g/mol. The molecule has 0 aliphatic carbocycles. The highest BCUT2D eigenvalue weighted by atomic mass is 16.8. The molecule has 2 aliphatic rings. The van der Waals surface area contributed by atoms with Gasteiger partial charge in [-0.25, -0.2) is 15.0 Å². The number of carbonyl (C=O) groups is 2. The minimum Gasteiger partial charge on any atom is -0.497 e. The summed E-state index contributed by atoms with van der Waals surface area (Å²) in [5.41, 5.74) is 1.22. The second-order valence-electron chi connectivity index (χ2n) is 8.64. The molecule has 5 rings (SSSR count). The standard InChI is InChI=1S/C23H26N6O6/c1-5-24-21(31)16-15-17(35-23(2,3)34-15)22(33-16)29-11-27-14-18(25-10-26-19(14)29)28-20(30)12-6-8-13(32-4)9-7-12/h6-11,15-17,22H,5H2,1-4H3,(H,24,31)(H,25,26,28,30)/t15-,16+,17-,22-/m1/s1. The molecule has 2 amide bonds. The van der Waals surface area contributed by atoms with Crippen molar-refractivity contribution in [2.75, 3.05) is 19.0 Å². The molecule has 35 heavy (non-hydrogen) atoms. The molecule has 4 atom stereocenters. The molecule has 0 saturated carbocycles. The largest absolute Gasteiger partial charge is 0.497 e. The molecule has 2 aromatic heterocycles. The summed E-state index contributed by atoms with van der Waals surface area (Å²) in [6.07, 6.45) is 0.101. The van der Waals surface area contributed by atoms with E-state index in [9.17, 15) is 9.59 Å². The summed E-state index contributed by atoms with van der Waals surface area (Å²) >= 11 is 0. The van der Waals surface area contributed by atoms with Crippen LogP contribution in [0.1, 0.15) is 37.4 Å². The predicted octanol–water partition coefficient (Wildman–Crippen LogP) is 1.64. The first-order valence-electron chi connectivity index (χ1n) is 11.2. The maximum Gasteiger partial charge on any atom is 0.256 e. The number of benzene rings is 1. The second kappa shape index (κ2) is 8.87. The second-order valence-corrected chi connectivity index (χ2v) is 8.64. The Morgan fingerprint density at radius 2 is 1.86 bits per heavy atom. The number of hydrogen-bond acceptors (Lipinski definition) is 9. The van der Waals surface area contributed by atoms with Crippen LogP contribution in [0.15, 0.2) is 36.9 Å². The molecule has 2 aliphatic heterocycles. The van der Waals surface area contributed by atoms with Gasteiger partial charge in [0, 0.05) is 12.1 Å². The van der Waals surface area contributed by atoms with Gasteiger partial charge in [-0.3, -0.25) is 14.2 Å². The highest BCUT2D eigenvalue weighted by Gasteiger charge is 2.58. The fraction of sp³-hybridized carbons (Fsp3) is 0.435. The molecule has 4 heterocycles. The lowest BCUT2D eigenvalue weighted by Gasteiger charge is -2.24. The Labute approximate surface area is 200 Å². The molecule has 1 aromatic carbocycles. The lowest BCUT2D eigenvalue weighted by molar-refractivity contribution is -0.197. The van der Waals surface area contributed by atoms with E-state index in [0.29, 0.717) is 29.0 Å². The molecular formula is C23H26N6O6. The third-order valence-corrected chi connectivity index (χ3v) is 5.86. The molecule has 0 radical (unpaired) electrons. The van der Waals surface area contributed by atoms with Gasteiger partial charge in [0.1, 0.15) is 24.3 Å². The van der Waals surface area contributed by atoms with Crippen LogP contribution in [0.3, 0.4) is 0 Å². The van der Waals surface area contributed by atoms with Crippen LogP contribution < -0.4 is 15.4 Å². The lowest BCUT2D eigenvalue weighted by atomic mass is 10.1. The van der Waals surface area contributed by atoms with E-state index in [1.807, 2.05) is 6.92 Å². The van der Waals surface area contributed by atoms with Crippen LogP contribution >= 0.6 is 0 Å². The topological polar surface area (TPSA) is 139 Å². The van der Waals surface area contributed by atoms with Crippen molar-refractivity contribution in [1.82, 2.24) is 24.8 Å². The number of carbonyl (C=O) groups excluding carboxylic acids is 2. The number of fused-ring (bicyclic) bond motifs is 2. The maximum atomic E-state index is 12.8. The van der Waals surface area contributed by atoms with Crippen LogP contribution in [0.2, 0.25) is 0 Å². The van der Waals surface area contributed by atoms with Gasteiger partial charge in [0.25, 0.3) is 11.8 Å². The van der Waals surface area contributed by atoms with Crippen molar-refractivity contribution >= 4 is 28.8 Å². The fourth-order valence-electron chi connectivity index (χ4n) is 4.34. The molecule has 2 N–H and O–H groups in total. The number of likely N-dealkylation sites (N-methyl/N-ethyl adjacent to an activating group) is 1. The summed E-state index contributed by atoms with van der Waals surface area (Å²) in [7, 11) is 1.56. The van der Waals surface area contributed by atoms with Crippen molar-refractivity contribution in [3.8, 4) is 5.75 Å². The zero-order chi connectivity index (χ0) is 24.7. The van der Waals surface area contributed by atoms with Crippen LogP contribution in [0.25, 0.3) is 11.2 Å². The van der Waals surface area contributed by atoms with E-state index < -0.39 is 30.3 Å². The van der Waals surface area contributed by atoms with Gasteiger partial charge in [0.15, 0.2) is 35.1 Å². The number of ether oxygens (including phenoxy) is 4. The molecule has 2 saturated heterocycles. The highest BCUT2D eigenvalue weighted by Crippen LogP contribution is 2.44. The third-order valence-electron chi connectivity index (χ3n) is 5.86. The first-order valence-corrected chi connectivity index (χ1v) is 11.2. The van der Waals surface area contributed by atoms with Gasteiger partial charge < -0.3 is 29.6 Å². The Bertz CT molecular complexity index is 1260. The highest BCUT2D eigenvalue weighted by molar-refractivity contribution is 6.06. The Morgan fingerprint density at radius 3 is 2.57 bits per heavy atom. The Hall–Kier alpha value is -3.61. The first-order chi connectivity index (χ1) is 16.8. The van der Waals surface area contributed by atoms with Crippen LogP contribution in [0.4, 0.5) is 5.82 Å². The van der Waals surface area contributed by atoms with Gasteiger partial charge in [-0.15, -0.1) is 0 Å². The van der Waals surface area contributed by atoms with E-state index in [4.69, 9.17) is 18.9 Å². The van der Waals surface area contributed by atoms with E-state index in [-0.39, 0.29) is 17.6 Å². The molecular weight excluding hydrogens is 456 g/mol. The van der Waals surface area contributed by atoms with E-state index in [2.05, 4.69) is 25.6 Å². The van der Waals surface area contributed by atoms with E-state index in [1.54, 1.807) is 49.8 Å². The number of nitrogens with one attached hydrogen (secondary N) is 2. The average Bonchev–Trinajstić information content (AvgIpc) is 3.50. The summed E-state index contributed by atoms with van der Waals surface area (Å²) < 4.78 is 25.0. The fourth-order valence-corrected chi connectivity index (χ4v) is 4.34. The van der Waals surface area contributed by atoms with Crippen molar-refractivity contribution in [2.45, 2.75) is 51.1 Å². The third kappa shape index (κ3) is 4.20. The van der Waals surface area contributed by atoms with Crippen LogP contribution in [-0.4, -0.2) is 69.1 Å². The summed E-state index contributed by atoms with van der Waals surface area (Å²) in [6, 6.07) is 6.70. The maximum absolute atomic E-state index is 12.8. The molecule has 12 heteroatoms. The molecule has 184 valence electrons. The van der Waals surface area contributed by atoms with Crippen molar-refractivity contribution in [2.24, 2.45) is 0 Å². The predicted molar refractivity (Wildman–Crippen MR) is 123 cm³/mol. The minimum absolute atomic E-state index is 0.244. The van der Waals surface area contributed by atoms with Gasteiger partial charge in [0.05, 0.1) is 13.4 Å². The number of methoxy groups -OCH3 is 1. The molecule has 0 spiro atoms. The lowest BCUT2D eigenvalue weighted by Crippen LogP contribution is -2.42. The number of anilines is 1. The summed E-state index contributed by atoms with van der Waals surface area (Å²) in [5.74, 6) is -0.631. The minimum atomic E-state index is -0.884. The zero-order valence-electron chi connectivity index (χ0n) is 19.7. The van der Waals surface area contributed by atoms with Crippen LogP contribution in [0, 0.1) is 0 Å². The Balaban J connectivity index is 1.44. The summed E-state index contributed by atoms with van der Waals surface area (Å²) in [6.45, 7) is 5.87. The first kappa shape index (κ1) is 23.1. The van der Waals surface area contributed by atoms with Gasteiger partial charge in [-0.1, -0.05) is 0 Å². The number of hydrogen-bond donors (Lipinski definition) is 2. The zero-order valence-corrected chi connectivity index (χ0v) is 19.7. The summed E-state index contributed by atoms with van der Waals surface area (Å²) in [5, 5.41) is 5.56. The van der Waals surface area contributed by atoms with E-state index in [0.717, 1.165) is 0 Å². The van der Waals surface area contributed by atoms with Crippen molar-refractivity contribution in [3.05, 3.63) is 42.5 Å². The molecule has 0 unspecified atom stereocenters. The molecule has 3 aromatic rings.